The molecular weight excluding hydrogens is 442 g/mol. The second-order valence-electron chi connectivity index (χ2n) is 8.71. The van der Waals surface area contributed by atoms with Crippen LogP contribution in [0.4, 0.5) is 0 Å². The molecule has 0 fully saturated rings. The van der Waals surface area contributed by atoms with E-state index in [1.165, 1.54) is 0 Å². The van der Waals surface area contributed by atoms with Gasteiger partial charge in [-0.15, -0.1) is 0 Å². The minimum absolute atomic E-state index is 0.0313. The number of ether oxygens (including phenoxy) is 1. The number of H-pyrrole nitrogens is 1. The van der Waals surface area contributed by atoms with E-state index < -0.39 is 6.04 Å². The van der Waals surface area contributed by atoms with Crippen LogP contribution < -0.4 is 4.74 Å². The molecule has 1 aromatic heterocycles. The molecule has 1 atom stereocenters. The maximum Gasteiger partial charge on any atom is 0.273 e. The fraction of sp³-hybridized carbons (Fsp3) is 0.360. The van der Waals surface area contributed by atoms with E-state index in [0.29, 0.717) is 45.8 Å². The fourth-order valence-corrected chi connectivity index (χ4v) is 4.29. The van der Waals surface area contributed by atoms with E-state index in [9.17, 15) is 15.0 Å². The number of rotatable bonds is 8. The first kappa shape index (κ1) is 23.1. The quantitative estimate of drug-likeness (QED) is 0.444. The molecule has 1 unspecified atom stereocenters. The molecule has 0 bridgehead atoms. The van der Waals surface area contributed by atoms with Crippen LogP contribution in [0.2, 0.25) is 5.02 Å². The number of hydrogen-bond acceptors (Lipinski definition) is 5. The van der Waals surface area contributed by atoms with Gasteiger partial charge in [-0.1, -0.05) is 37.6 Å². The molecule has 3 N–H and O–H groups in total. The molecule has 1 aliphatic rings. The highest BCUT2D eigenvalue weighted by Gasteiger charge is 2.42. The summed E-state index contributed by atoms with van der Waals surface area (Å²) in [4.78, 5) is 14.8. The van der Waals surface area contributed by atoms with Crippen molar-refractivity contribution in [3.8, 4) is 22.8 Å². The number of aromatic nitrogens is 2. The van der Waals surface area contributed by atoms with Crippen molar-refractivity contribution < 1.29 is 19.7 Å². The summed E-state index contributed by atoms with van der Waals surface area (Å²) < 4.78 is 5.94. The number of carbonyl (C=O) groups excluding carboxylic acids is 1. The van der Waals surface area contributed by atoms with E-state index in [4.69, 9.17) is 16.3 Å². The number of aliphatic hydroxyl groups excluding tert-OH is 1. The van der Waals surface area contributed by atoms with Crippen LogP contribution in [0.15, 0.2) is 36.4 Å². The Hall–Kier alpha value is -3.03. The van der Waals surface area contributed by atoms with Gasteiger partial charge in [0.2, 0.25) is 0 Å². The number of fused-ring (bicyclic) bond motifs is 1. The van der Waals surface area contributed by atoms with Gasteiger partial charge in [-0.25, -0.2) is 0 Å². The van der Waals surface area contributed by atoms with Crippen molar-refractivity contribution in [1.82, 2.24) is 15.1 Å². The number of phenolic OH excluding ortho intramolecular Hbond substituents is 1. The molecule has 7 nitrogen and oxygen atoms in total. The third kappa shape index (κ3) is 4.43. The van der Waals surface area contributed by atoms with E-state index in [1.54, 1.807) is 24.0 Å². The summed E-state index contributed by atoms with van der Waals surface area (Å²) in [6.45, 7) is 6.67. The zero-order valence-corrected chi connectivity index (χ0v) is 19.7. The van der Waals surface area contributed by atoms with Gasteiger partial charge < -0.3 is 19.8 Å². The van der Waals surface area contributed by atoms with Gasteiger partial charge in [-0.05, 0) is 54.7 Å². The Morgan fingerprint density at radius 3 is 2.79 bits per heavy atom. The van der Waals surface area contributed by atoms with Crippen molar-refractivity contribution in [2.45, 2.75) is 33.2 Å². The highest BCUT2D eigenvalue weighted by molar-refractivity contribution is 6.31. The third-order valence-corrected chi connectivity index (χ3v) is 6.28. The molecule has 1 aliphatic heterocycles. The van der Waals surface area contributed by atoms with Gasteiger partial charge in [0, 0.05) is 22.7 Å². The number of hydrogen-bond donors (Lipinski definition) is 3. The van der Waals surface area contributed by atoms with Crippen LogP contribution in [0, 0.1) is 12.8 Å². The lowest BCUT2D eigenvalue weighted by Crippen LogP contribution is -2.32. The minimum atomic E-state index is -0.499. The first-order valence-corrected chi connectivity index (χ1v) is 11.4. The van der Waals surface area contributed by atoms with Crippen molar-refractivity contribution in [2.24, 2.45) is 5.92 Å². The number of nitrogens with zero attached hydrogens (tertiary/aromatic N) is 2. The summed E-state index contributed by atoms with van der Waals surface area (Å²) >= 11 is 6.33. The van der Waals surface area contributed by atoms with E-state index in [1.807, 2.05) is 24.3 Å². The molecule has 0 aliphatic carbocycles. The molecule has 0 spiro atoms. The van der Waals surface area contributed by atoms with Gasteiger partial charge in [0.05, 0.1) is 19.3 Å². The van der Waals surface area contributed by atoms with E-state index in [0.717, 1.165) is 17.5 Å². The molecule has 1 amide bonds. The largest absolute Gasteiger partial charge is 0.507 e. The summed E-state index contributed by atoms with van der Waals surface area (Å²) in [6.07, 6.45) is 0.937. The summed E-state index contributed by atoms with van der Waals surface area (Å²) in [5.74, 6) is 1.02. The van der Waals surface area contributed by atoms with Crippen molar-refractivity contribution in [3.63, 3.8) is 0 Å². The van der Waals surface area contributed by atoms with Gasteiger partial charge in [-0.3, -0.25) is 9.89 Å². The van der Waals surface area contributed by atoms with Crippen LogP contribution in [0.5, 0.6) is 11.5 Å². The van der Waals surface area contributed by atoms with Gasteiger partial charge >= 0.3 is 0 Å². The van der Waals surface area contributed by atoms with Gasteiger partial charge in [-0.2, -0.15) is 5.10 Å². The molecule has 33 heavy (non-hydrogen) atoms. The Labute approximate surface area is 198 Å². The van der Waals surface area contributed by atoms with Gasteiger partial charge in [0.15, 0.2) is 0 Å². The van der Waals surface area contributed by atoms with Crippen molar-refractivity contribution in [1.29, 1.82) is 0 Å². The van der Waals surface area contributed by atoms with Gasteiger partial charge in [0.25, 0.3) is 5.91 Å². The summed E-state index contributed by atoms with van der Waals surface area (Å²) in [6, 6.07) is 10.4. The zero-order chi connectivity index (χ0) is 23.7. The molecule has 2 heterocycles. The predicted octanol–water partition coefficient (Wildman–Crippen LogP) is 4.71. The SMILES string of the molecule is Cc1cc(O)c(-c2n[nH]c3c2C(c2cccc(OCCC(C)C)c2)N(CCO)C3=O)cc1Cl. The van der Waals surface area contributed by atoms with E-state index in [-0.39, 0.29) is 24.8 Å². The molecule has 174 valence electrons. The van der Waals surface area contributed by atoms with Crippen LogP contribution >= 0.6 is 11.6 Å². The average molecular weight is 470 g/mol. The first-order chi connectivity index (χ1) is 15.8. The number of carbonyl (C=O) groups is 1. The Kier molecular flexibility index (Phi) is 6.63. The number of aryl methyl sites for hydroxylation is 1. The number of aliphatic hydroxyl groups is 1. The molecule has 0 radical (unpaired) electrons. The average Bonchev–Trinajstić information content (AvgIpc) is 3.30. The van der Waals surface area contributed by atoms with Crippen LogP contribution in [0.25, 0.3) is 11.3 Å². The minimum Gasteiger partial charge on any atom is -0.507 e. The lowest BCUT2D eigenvalue weighted by molar-refractivity contribution is 0.0706. The van der Waals surface area contributed by atoms with Crippen LogP contribution in [0.1, 0.15) is 53.5 Å². The van der Waals surface area contributed by atoms with E-state index >= 15 is 0 Å². The number of β-amino-alcohol motifs (C(OH)–C–C–N with tert-alkyl or cyclic N) is 1. The first-order valence-electron chi connectivity index (χ1n) is 11.0. The number of aromatic amines is 1. The van der Waals surface area contributed by atoms with Gasteiger partial charge in [0.1, 0.15) is 22.9 Å². The highest BCUT2D eigenvalue weighted by atomic mass is 35.5. The zero-order valence-electron chi connectivity index (χ0n) is 18.9. The number of nitrogens with one attached hydrogen (secondary N) is 1. The lowest BCUT2D eigenvalue weighted by atomic mass is 9.95. The predicted molar refractivity (Wildman–Crippen MR) is 127 cm³/mol. The summed E-state index contributed by atoms with van der Waals surface area (Å²) in [5.41, 5.74) is 3.45. The molecule has 0 saturated carbocycles. The van der Waals surface area contributed by atoms with Crippen LogP contribution in [0.3, 0.4) is 0 Å². The number of phenols is 1. The van der Waals surface area contributed by atoms with E-state index in [2.05, 4.69) is 24.0 Å². The van der Waals surface area contributed by atoms with Crippen LogP contribution in [-0.2, 0) is 0 Å². The monoisotopic (exact) mass is 469 g/mol. The smallest absolute Gasteiger partial charge is 0.273 e. The summed E-state index contributed by atoms with van der Waals surface area (Å²) in [5, 5.41) is 28.0. The van der Waals surface area contributed by atoms with Crippen molar-refractivity contribution >= 4 is 17.5 Å². The number of benzene rings is 2. The lowest BCUT2D eigenvalue weighted by Gasteiger charge is -2.26. The normalized spacial score (nSPS) is 15.4. The molecule has 8 heteroatoms. The third-order valence-electron chi connectivity index (χ3n) is 5.87. The standard InChI is InChI=1S/C25H28ClN3O4/c1-14(2)7-10-33-17-6-4-5-16(12-17)24-21-22(18-13-19(26)15(3)11-20(18)31)27-28-23(21)25(32)29(24)8-9-30/h4-6,11-14,24,30-31H,7-10H2,1-3H3,(H,27,28). The van der Waals surface area contributed by atoms with Crippen molar-refractivity contribution in [3.05, 3.63) is 63.8 Å². The Morgan fingerprint density at radius 1 is 1.27 bits per heavy atom. The number of halogens is 1. The Bertz CT molecular complexity index is 1170. The molecular formula is C25H28ClN3O4. The highest BCUT2D eigenvalue weighted by Crippen LogP contribution is 2.45. The maximum atomic E-state index is 13.2. The maximum absolute atomic E-state index is 13.2. The second-order valence-corrected chi connectivity index (χ2v) is 9.11. The Balaban J connectivity index is 1.79. The second kappa shape index (κ2) is 9.45. The van der Waals surface area contributed by atoms with Crippen LogP contribution in [-0.4, -0.2) is 51.0 Å². The fourth-order valence-electron chi connectivity index (χ4n) is 4.13. The topological polar surface area (TPSA) is 98.7 Å². The molecule has 4 rings (SSSR count). The molecule has 3 aromatic rings. The summed E-state index contributed by atoms with van der Waals surface area (Å²) in [7, 11) is 0. The Morgan fingerprint density at radius 2 is 2.06 bits per heavy atom. The molecule has 2 aromatic carbocycles. The van der Waals surface area contributed by atoms with Crippen molar-refractivity contribution in [2.75, 3.05) is 19.8 Å². The number of amides is 1. The number of aromatic hydroxyl groups is 1. The molecule has 0 saturated heterocycles.